The van der Waals surface area contributed by atoms with Gasteiger partial charge in [-0.3, -0.25) is 0 Å². The van der Waals surface area contributed by atoms with Crippen molar-refractivity contribution in [3.63, 3.8) is 0 Å². The number of nitrogens with zero attached hydrogens (tertiary/aromatic N) is 6. The molecule has 1 N–H and O–H groups in total. The number of aromatic nitrogens is 4. The Balaban J connectivity index is 1.43. The van der Waals surface area contributed by atoms with Crippen molar-refractivity contribution in [1.29, 1.82) is 0 Å². The molecule has 0 radical (unpaired) electrons. The summed E-state index contributed by atoms with van der Waals surface area (Å²) in [5.41, 5.74) is 0.0767. The van der Waals surface area contributed by atoms with Crippen LogP contribution in [0.2, 0.25) is 0 Å². The van der Waals surface area contributed by atoms with Crippen molar-refractivity contribution in [2.45, 2.75) is 38.6 Å². The average Bonchev–Trinajstić information content (AvgIpc) is 3.16. The maximum Gasteiger partial charge on any atom is 0.224 e. The molecular weight excluding hydrogens is 373 g/mol. The van der Waals surface area contributed by atoms with E-state index in [-0.39, 0.29) is 17.3 Å². The average molecular weight is 401 g/mol. The van der Waals surface area contributed by atoms with Gasteiger partial charge in [0.05, 0.1) is 18.9 Å². The molecule has 8 nitrogen and oxygen atoms in total. The monoisotopic (exact) mass is 401 g/mol. The van der Waals surface area contributed by atoms with Crippen LogP contribution in [0.15, 0.2) is 18.6 Å². The Kier molecular flexibility index (Phi) is 5.49. The molecule has 29 heavy (non-hydrogen) atoms. The highest BCUT2D eigenvalue weighted by atomic mass is 19.1. The van der Waals surface area contributed by atoms with E-state index in [9.17, 15) is 0 Å². The molecule has 0 saturated carbocycles. The van der Waals surface area contributed by atoms with Gasteiger partial charge in [0, 0.05) is 43.8 Å². The summed E-state index contributed by atoms with van der Waals surface area (Å²) in [5, 5.41) is 3.40. The third-order valence-electron chi connectivity index (χ3n) is 5.28. The summed E-state index contributed by atoms with van der Waals surface area (Å²) in [6, 6.07) is 2.05. The predicted molar refractivity (Wildman–Crippen MR) is 110 cm³/mol. The van der Waals surface area contributed by atoms with Crippen molar-refractivity contribution in [3.8, 4) is 0 Å². The maximum absolute atomic E-state index is 15.0. The van der Waals surface area contributed by atoms with E-state index in [1.807, 2.05) is 31.7 Å². The molecule has 0 bridgehead atoms. The van der Waals surface area contributed by atoms with Gasteiger partial charge in [-0.2, -0.15) is 4.98 Å². The predicted octanol–water partition coefficient (Wildman–Crippen LogP) is 2.23. The van der Waals surface area contributed by atoms with Crippen molar-refractivity contribution < 1.29 is 9.13 Å². The molecule has 1 unspecified atom stereocenters. The van der Waals surface area contributed by atoms with Crippen molar-refractivity contribution >= 4 is 17.6 Å². The lowest BCUT2D eigenvalue weighted by atomic mass is 9.91. The largest absolute Gasteiger partial charge is 0.378 e. The number of hydrogen-bond donors (Lipinski definition) is 1. The first-order valence-electron chi connectivity index (χ1n) is 10.1. The fourth-order valence-corrected chi connectivity index (χ4v) is 3.74. The minimum atomic E-state index is -0.368. The zero-order valence-corrected chi connectivity index (χ0v) is 17.2. The number of nitrogens with one attached hydrogen (secondary N) is 1. The highest BCUT2D eigenvalue weighted by Gasteiger charge is 2.30. The SMILES string of the molecule is CC(C)(C)c1ncnc(N2CCC(Nc3nccc(N4CCOCC4)n3)C2)c1F. The summed E-state index contributed by atoms with van der Waals surface area (Å²) >= 11 is 0. The summed E-state index contributed by atoms with van der Waals surface area (Å²) in [4.78, 5) is 21.6. The molecule has 2 aliphatic heterocycles. The zero-order chi connectivity index (χ0) is 20.4. The second-order valence-corrected chi connectivity index (χ2v) is 8.52. The summed E-state index contributed by atoms with van der Waals surface area (Å²) < 4.78 is 20.4. The topological polar surface area (TPSA) is 79.3 Å². The molecule has 2 aromatic rings. The van der Waals surface area contributed by atoms with Gasteiger partial charge in [0.1, 0.15) is 12.1 Å². The van der Waals surface area contributed by atoms with Gasteiger partial charge in [0.15, 0.2) is 11.6 Å². The third kappa shape index (κ3) is 4.39. The van der Waals surface area contributed by atoms with Crippen molar-refractivity contribution in [2.24, 2.45) is 0 Å². The molecule has 1 atom stereocenters. The van der Waals surface area contributed by atoms with E-state index in [0.29, 0.717) is 37.2 Å². The van der Waals surface area contributed by atoms with Gasteiger partial charge in [0.2, 0.25) is 5.95 Å². The van der Waals surface area contributed by atoms with E-state index in [1.54, 1.807) is 6.20 Å². The zero-order valence-electron chi connectivity index (χ0n) is 17.2. The summed E-state index contributed by atoms with van der Waals surface area (Å²) in [5.74, 6) is 1.54. The lowest BCUT2D eigenvalue weighted by molar-refractivity contribution is 0.122. The molecule has 0 amide bonds. The Labute approximate surface area is 170 Å². The highest BCUT2D eigenvalue weighted by molar-refractivity contribution is 5.46. The fourth-order valence-electron chi connectivity index (χ4n) is 3.74. The van der Waals surface area contributed by atoms with Gasteiger partial charge in [0.25, 0.3) is 0 Å². The number of halogens is 1. The molecular formula is C20H28FN7O. The Bertz CT molecular complexity index is 851. The van der Waals surface area contributed by atoms with E-state index in [0.717, 1.165) is 31.9 Å². The number of ether oxygens (including phenoxy) is 1. The van der Waals surface area contributed by atoms with Crippen LogP contribution in [0.1, 0.15) is 32.9 Å². The quantitative estimate of drug-likeness (QED) is 0.836. The van der Waals surface area contributed by atoms with Crippen molar-refractivity contribution in [3.05, 3.63) is 30.1 Å². The molecule has 2 fully saturated rings. The van der Waals surface area contributed by atoms with Crippen LogP contribution in [-0.4, -0.2) is 65.4 Å². The molecule has 4 heterocycles. The molecule has 2 saturated heterocycles. The summed E-state index contributed by atoms with van der Waals surface area (Å²) in [7, 11) is 0. The van der Waals surface area contributed by atoms with Crippen LogP contribution in [0.3, 0.4) is 0 Å². The number of rotatable bonds is 4. The van der Waals surface area contributed by atoms with E-state index in [4.69, 9.17) is 4.74 Å². The first-order chi connectivity index (χ1) is 13.9. The number of hydrogen-bond acceptors (Lipinski definition) is 8. The minimum absolute atomic E-state index is 0.127. The highest BCUT2D eigenvalue weighted by Crippen LogP contribution is 2.29. The van der Waals surface area contributed by atoms with Crippen LogP contribution in [-0.2, 0) is 10.2 Å². The lowest BCUT2D eigenvalue weighted by Gasteiger charge is -2.28. The smallest absolute Gasteiger partial charge is 0.224 e. The van der Waals surface area contributed by atoms with E-state index in [1.165, 1.54) is 6.33 Å². The molecule has 0 aromatic carbocycles. The summed E-state index contributed by atoms with van der Waals surface area (Å²) in [6.45, 7) is 10.3. The Morgan fingerprint density at radius 3 is 2.66 bits per heavy atom. The van der Waals surface area contributed by atoms with E-state index >= 15 is 4.39 Å². The van der Waals surface area contributed by atoms with Gasteiger partial charge in [-0.05, 0) is 12.5 Å². The van der Waals surface area contributed by atoms with Gasteiger partial charge in [-0.25, -0.2) is 19.3 Å². The van der Waals surface area contributed by atoms with Gasteiger partial charge in [-0.1, -0.05) is 20.8 Å². The van der Waals surface area contributed by atoms with E-state index < -0.39 is 0 Å². The second-order valence-electron chi connectivity index (χ2n) is 8.52. The molecule has 4 rings (SSSR count). The van der Waals surface area contributed by atoms with Crippen LogP contribution < -0.4 is 15.1 Å². The van der Waals surface area contributed by atoms with Gasteiger partial charge < -0.3 is 19.9 Å². The van der Waals surface area contributed by atoms with Gasteiger partial charge >= 0.3 is 0 Å². The molecule has 0 aliphatic carbocycles. The Hall–Kier alpha value is -2.55. The second kappa shape index (κ2) is 8.06. The first-order valence-corrected chi connectivity index (χ1v) is 10.1. The molecule has 0 spiro atoms. The van der Waals surface area contributed by atoms with Crippen LogP contribution in [0.25, 0.3) is 0 Å². The Morgan fingerprint density at radius 1 is 1.10 bits per heavy atom. The maximum atomic E-state index is 15.0. The number of anilines is 3. The molecule has 2 aromatic heterocycles. The van der Waals surface area contributed by atoms with Crippen LogP contribution >= 0.6 is 0 Å². The fraction of sp³-hybridized carbons (Fsp3) is 0.600. The molecule has 156 valence electrons. The standard InChI is InChI=1S/C20H28FN7O/c1-20(2,3)17-16(21)18(24-13-23-17)28-7-5-14(12-28)25-19-22-6-4-15(26-19)27-8-10-29-11-9-27/h4,6,13-14H,5,7-12H2,1-3H3,(H,22,25,26). The summed E-state index contributed by atoms with van der Waals surface area (Å²) in [6.07, 6.45) is 4.08. The number of morpholine rings is 1. The van der Waals surface area contributed by atoms with Crippen LogP contribution in [0, 0.1) is 5.82 Å². The van der Waals surface area contributed by atoms with Crippen LogP contribution in [0.4, 0.5) is 22.0 Å². The lowest BCUT2D eigenvalue weighted by Crippen LogP contribution is -2.37. The van der Waals surface area contributed by atoms with Gasteiger partial charge in [-0.15, -0.1) is 0 Å². The molecule has 2 aliphatic rings. The normalized spacial score (nSPS) is 20.2. The van der Waals surface area contributed by atoms with Crippen LogP contribution in [0.5, 0.6) is 0 Å². The molecule has 9 heteroatoms. The van der Waals surface area contributed by atoms with Crippen molar-refractivity contribution in [1.82, 2.24) is 19.9 Å². The Morgan fingerprint density at radius 2 is 1.90 bits per heavy atom. The third-order valence-corrected chi connectivity index (χ3v) is 5.28. The van der Waals surface area contributed by atoms with Crippen molar-refractivity contribution in [2.75, 3.05) is 54.5 Å². The minimum Gasteiger partial charge on any atom is -0.378 e. The van der Waals surface area contributed by atoms with E-state index in [2.05, 4.69) is 30.2 Å². The first kappa shape index (κ1) is 19.8.